The highest BCUT2D eigenvalue weighted by molar-refractivity contribution is 5.72. The molecular weight excluding hydrogens is 176 g/mol. The fraction of sp³-hybridized carbons (Fsp3) is 0.200. The Morgan fingerprint density at radius 3 is 2.93 bits per heavy atom. The minimum Gasteiger partial charge on any atom is -0.370 e. The lowest BCUT2D eigenvalue weighted by Gasteiger charge is -2.21. The Kier molecular flexibility index (Phi) is 1.86. The predicted molar refractivity (Wildman–Crippen MR) is 52.9 cm³/mol. The molecular formula is C10H10N4. The van der Waals surface area contributed by atoms with Crippen LogP contribution in [-0.4, -0.2) is 15.5 Å². The number of dihydropyridines is 1. The smallest absolute Gasteiger partial charge is 0.141 e. The van der Waals surface area contributed by atoms with Gasteiger partial charge >= 0.3 is 0 Å². The zero-order valence-corrected chi connectivity index (χ0v) is 7.78. The van der Waals surface area contributed by atoms with Gasteiger partial charge < -0.3 is 10.3 Å². The van der Waals surface area contributed by atoms with Gasteiger partial charge in [0, 0.05) is 18.0 Å². The minimum atomic E-state index is -0.597. The fourth-order valence-corrected chi connectivity index (χ4v) is 1.23. The molecule has 0 radical (unpaired) electrons. The van der Waals surface area contributed by atoms with Gasteiger partial charge in [-0.1, -0.05) is 6.08 Å². The zero-order valence-electron chi connectivity index (χ0n) is 7.78. The number of hydrogen-bond donors (Lipinski definition) is 2. The topological polar surface area (TPSA) is 64.5 Å². The van der Waals surface area contributed by atoms with Crippen LogP contribution in [0.25, 0.3) is 5.57 Å². The molecule has 2 rings (SSSR count). The van der Waals surface area contributed by atoms with E-state index in [1.165, 1.54) is 0 Å². The normalized spacial score (nSPS) is 25.0. The maximum absolute atomic E-state index is 8.85. The van der Waals surface area contributed by atoms with Crippen LogP contribution in [-0.2, 0) is 0 Å². The van der Waals surface area contributed by atoms with E-state index < -0.39 is 5.54 Å². The predicted octanol–water partition coefficient (Wildman–Crippen LogP) is 1.19. The van der Waals surface area contributed by atoms with Gasteiger partial charge in [-0.15, -0.1) is 0 Å². The second-order valence-electron chi connectivity index (χ2n) is 3.35. The monoisotopic (exact) mass is 186 g/mol. The molecule has 0 aliphatic carbocycles. The van der Waals surface area contributed by atoms with Gasteiger partial charge in [0.2, 0.25) is 0 Å². The second kappa shape index (κ2) is 3.04. The van der Waals surface area contributed by atoms with Crippen molar-refractivity contribution in [2.24, 2.45) is 0 Å². The first-order valence-electron chi connectivity index (χ1n) is 4.31. The molecule has 1 atom stereocenters. The second-order valence-corrected chi connectivity index (χ2v) is 3.35. The van der Waals surface area contributed by atoms with Crippen molar-refractivity contribution in [3.63, 3.8) is 0 Å². The molecule has 70 valence electrons. The van der Waals surface area contributed by atoms with Crippen LogP contribution in [0.5, 0.6) is 0 Å². The van der Waals surface area contributed by atoms with Crippen LogP contribution < -0.4 is 5.32 Å². The van der Waals surface area contributed by atoms with Gasteiger partial charge in [-0.05, 0) is 13.0 Å². The molecule has 4 heteroatoms. The SMILES string of the molecule is CC1(C#N)C=CC(c2c[nH]cn2)=CN1. The molecule has 2 N–H and O–H groups in total. The molecule has 0 aromatic carbocycles. The van der Waals surface area contributed by atoms with Crippen LogP contribution in [0, 0.1) is 11.3 Å². The molecule has 1 aromatic heterocycles. The molecule has 0 saturated heterocycles. The van der Waals surface area contributed by atoms with Crippen LogP contribution in [0.1, 0.15) is 12.6 Å². The lowest BCUT2D eigenvalue weighted by Crippen LogP contribution is -2.36. The summed E-state index contributed by atoms with van der Waals surface area (Å²) >= 11 is 0. The summed E-state index contributed by atoms with van der Waals surface area (Å²) in [7, 11) is 0. The highest BCUT2D eigenvalue weighted by Gasteiger charge is 2.21. The molecule has 14 heavy (non-hydrogen) atoms. The van der Waals surface area contributed by atoms with Gasteiger partial charge in [0.15, 0.2) is 0 Å². The van der Waals surface area contributed by atoms with Crippen molar-refractivity contribution in [1.82, 2.24) is 15.3 Å². The van der Waals surface area contributed by atoms with Crippen LogP contribution in [0.2, 0.25) is 0 Å². The third-order valence-electron chi connectivity index (χ3n) is 2.15. The molecule has 0 fully saturated rings. The molecule has 2 heterocycles. The third-order valence-corrected chi connectivity index (χ3v) is 2.15. The molecule has 1 aliphatic rings. The Morgan fingerprint density at radius 1 is 1.57 bits per heavy atom. The van der Waals surface area contributed by atoms with E-state index >= 15 is 0 Å². The summed E-state index contributed by atoms with van der Waals surface area (Å²) in [5.74, 6) is 0. The Bertz CT molecular complexity index is 421. The Hall–Kier alpha value is -2.02. The van der Waals surface area contributed by atoms with E-state index in [-0.39, 0.29) is 0 Å². The highest BCUT2D eigenvalue weighted by Crippen LogP contribution is 2.19. The number of nitrogens with one attached hydrogen (secondary N) is 2. The molecule has 0 amide bonds. The molecule has 0 saturated carbocycles. The molecule has 0 spiro atoms. The summed E-state index contributed by atoms with van der Waals surface area (Å²) in [4.78, 5) is 7.00. The lowest BCUT2D eigenvalue weighted by atomic mass is 9.99. The van der Waals surface area contributed by atoms with Gasteiger partial charge in [-0.3, -0.25) is 0 Å². The molecule has 0 bridgehead atoms. The maximum Gasteiger partial charge on any atom is 0.141 e. The van der Waals surface area contributed by atoms with Crippen molar-refractivity contribution in [3.8, 4) is 6.07 Å². The number of imidazole rings is 1. The van der Waals surface area contributed by atoms with Crippen molar-refractivity contribution in [1.29, 1.82) is 5.26 Å². The molecule has 1 unspecified atom stereocenters. The summed E-state index contributed by atoms with van der Waals surface area (Å²) in [5, 5.41) is 11.9. The fourth-order valence-electron chi connectivity index (χ4n) is 1.23. The summed E-state index contributed by atoms with van der Waals surface area (Å²) in [6, 6.07) is 2.18. The van der Waals surface area contributed by atoms with E-state index in [0.717, 1.165) is 11.3 Å². The first kappa shape index (κ1) is 8.57. The number of aromatic nitrogens is 2. The lowest BCUT2D eigenvalue weighted by molar-refractivity contribution is 0.627. The van der Waals surface area contributed by atoms with E-state index in [1.54, 1.807) is 12.5 Å². The van der Waals surface area contributed by atoms with Crippen molar-refractivity contribution in [3.05, 3.63) is 36.6 Å². The van der Waals surface area contributed by atoms with Gasteiger partial charge in [-0.2, -0.15) is 5.26 Å². The van der Waals surface area contributed by atoms with E-state index in [9.17, 15) is 0 Å². The molecule has 4 nitrogen and oxygen atoms in total. The highest BCUT2D eigenvalue weighted by atomic mass is 14.9. The first-order valence-corrected chi connectivity index (χ1v) is 4.31. The van der Waals surface area contributed by atoms with Gasteiger partial charge in [0.05, 0.1) is 18.1 Å². The van der Waals surface area contributed by atoms with Gasteiger partial charge in [0.1, 0.15) is 5.54 Å². The number of nitriles is 1. The summed E-state index contributed by atoms with van der Waals surface area (Å²) < 4.78 is 0. The van der Waals surface area contributed by atoms with Crippen LogP contribution >= 0.6 is 0 Å². The Morgan fingerprint density at radius 2 is 2.43 bits per heavy atom. The van der Waals surface area contributed by atoms with Crippen molar-refractivity contribution in [2.75, 3.05) is 0 Å². The maximum atomic E-state index is 8.85. The Balaban J connectivity index is 2.24. The first-order chi connectivity index (χ1) is 6.73. The number of hydrogen-bond acceptors (Lipinski definition) is 3. The average molecular weight is 186 g/mol. The number of rotatable bonds is 1. The van der Waals surface area contributed by atoms with E-state index in [4.69, 9.17) is 5.26 Å². The third kappa shape index (κ3) is 1.40. The van der Waals surface area contributed by atoms with Gasteiger partial charge in [0.25, 0.3) is 0 Å². The van der Waals surface area contributed by atoms with Crippen LogP contribution in [0.15, 0.2) is 30.9 Å². The number of allylic oxidation sites excluding steroid dienone is 2. The standard InChI is InChI=1S/C10H10N4/c1-10(6-11)3-2-8(4-14-10)9-5-12-7-13-9/h2-5,7,14H,1H3,(H,12,13). The zero-order chi connectivity index (χ0) is 10.0. The molecule has 1 aromatic rings. The molecule has 1 aliphatic heterocycles. The van der Waals surface area contributed by atoms with Crippen LogP contribution in [0.3, 0.4) is 0 Å². The summed E-state index contributed by atoms with van der Waals surface area (Å²) in [6.45, 7) is 1.82. The van der Waals surface area contributed by atoms with Crippen molar-refractivity contribution in [2.45, 2.75) is 12.5 Å². The summed E-state index contributed by atoms with van der Waals surface area (Å²) in [6.07, 6.45) is 8.97. The largest absolute Gasteiger partial charge is 0.370 e. The van der Waals surface area contributed by atoms with E-state index in [0.29, 0.717) is 0 Å². The minimum absolute atomic E-state index is 0.597. The van der Waals surface area contributed by atoms with Crippen LogP contribution in [0.4, 0.5) is 0 Å². The number of aromatic amines is 1. The number of H-pyrrole nitrogens is 1. The quantitative estimate of drug-likeness (QED) is 0.692. The van der Waals surface area contributed by atoms with Crippen molar-refractivity contribution >= 4 is 5.57 Å². The average Bonchev–Trinajstić information content (AvgIpc) is 2.72. The van der Waals surface area contributed by atoms with E-state index in [2.05, 4.69) is 21.4 Å². The Labute approximate surface area is 82.0 Å². The van der Waals surface area contributed by atoms with E-state index in [1.807, 2.05) is 25.3 Å². The summed E-state index contributed by atoms with van der Waals surface area (Å²) in [5.41, 5.74) is 1.24. The van der Waals surface area contributed by atoms with Crippen molar-refractivity contribution < 1.29 is 0 Å². The number of nitrogens with zero attached hydrogens (tertiary/aromatic N) is 2. The van der Waals surface area contributed by atoms with Gasteiger partial charge in [-0.25, -0.2) is 4.98 Å².